The molecule has 110 valence electrons. The molecule has 0 saturated heterocycles. The lowest BCUT2D eigenvalue weighted by Gasteiger charge is -2.11. The van der Waals surface area contributed by atoms with Crippen molar-refractivity contribution in [3.63, 3.8) is 0 Å². The monoisotopic (exact) mass is 386 g/mol. The van der Waals surface area contributed by atoms with Crippen molar-refractivity contribution in [2.75, 3.05) is 11.1 Å². The molecule has 0 bridgehead atoms. The van der Waals surface area contributed by atoms with E-state index >= 15 is 0 Å². The van der Waals surface area contributed by atoms with Crippen LogP contribution in [0.2, 0.25) is 10.0 Å². The summed E-state index contributed by atoms with van der Waals surface area (Å²) < 4.78 is 1.03. The average Bonchev–Trinajstić information content (AvgIpc) is 2.41. The van der Waals surface area contributed by atoms with Gasteiger partial charge in [-0.25, -0.2) is 0 Å². The van der Waals surface area contributed by atoms with Gasteiger partial charge in [0.25, 0.3) is 5.91 Å². The molecule has 0 aliphatic heterocycles. The van der Waals surface area contributed by atoms with Crippen LogP contribution < -0.4 is 11.1 Å². The summed E-state index contributed by atoms with van der Waals surface area (Å²) in [6, 6.07) is 6.77. The molecule has 6 heteroatoms. The van der Waals surface area contributed by atoms with Crippen LogP contribution in [-0.4, -0.2) is 5.91 Å². The van der Waals surface area contributed by atoms with Crippen molar-refractivity contribution in [3.8, 4) is 0 Å². The van der Waals surface area contributed by atoms with Gasteiger partial charge in [0.2, 0.25) is 0 Å². The molecule has 1 amide bonds. The van der Waals surface area contributed by atoms with Gasteiger partial charge in [0, 0.05) is 15.7 Å². The van der Waals surface area contributed by atoms with Crippen molar-refractivity contribution >= 4 is 56.4 Å². The van der Waals surface area contributed by atoms with Crippen molar-refractivity contribution in [2.45, 2.75) is 13.8 Å². The van der Waals surface area contributed by atoms with Gasteiger partial charge in [-0.05, 0) is 49.2 Å². The Morgan fingerprint density at radius 2 is 1.71 bits per heavy atom. The number of nitrogens with one attached hydrogen (secondary N) is 1. The zero-order valence-corrected chi connectivity index (χ0v) is 14.5. The smallest absolute Gasteiger partial charge is 0.255 e. The highest BCUT2D eigenvalue weighted by molar-refractivity contribution is 9.10. The molecule has 0 radical (unpaired) electrons. The van der Waals surface area contributed by atoms with Gasteiger partial charge >= 0.3 is 0 Å². The van der Waals surface area contributed by atoms with Crippen molar-refractivity contribution in [1.29, 1.82) is 0 Å². The number of anilines is 2. The molecule has 0 saturated carbocycles. The Morgan fingerprint density at radius 3 is 2.24 bits per heavy atom. The van der Waals surface area contributed by atoms with E-state index in [0.29, 0.717) is 11.3 Å². The average molecular weight is 388 g/mol. The third-order valence-electron chi connectivity index (χ3n) is 3.01. The van der Waals surface area contributed by atoms with Crippen molar-refractivity contribution < 1.29 is 4.79 Å². The summed E-state index contributed by atoms with van der Waals surface area (Å²) in [5.74, 6) is -0.290. The molecule has 2 aromatic rings. The van der Waals surface area contributed by atoms with Gasteiger partial charge in [0.15, 0.2) is 0 Å². The van der Waals surface area contributed by atoms with Crippen molar-refractivity contribution in [2.24, 2.45) is 0 Å². The molecule has 0 aliphatic rings. The molecule has 0 unspecified atom stereocenters. The van der Waals surface area contributed by atoms with E-state index in [1.165, 1.54) is 12.1 Å². The number of hydrogen-bond donors (Lipinski definition) is 2. The van der Waals surface area contributed by atoms with E-state index in [9.17, 15) is 4.79 Å². The number of nitrogens with two attached hydrogens (primary N) is 1. The lowest BCUT2D eigenvalue weighted by Crippen LogP contribution is -2.12. The molecular formula is C15H13BrCl2N2O. The zero-order chi connectivity index (χ0) is 15.7. The highest BCUT2D eigenvalue weighted by Gasteiger charge is 2.12. The number of rotatable bonds is 2. The Bertz CT molecular complexity index is 686. The Balaban J connectivity index is 2.30. The molecule has 0 atom stereocenters. The van der Waals surface area contributed by atoms with Crippen LogP contribution in [0.5, 0.6) is 0 Å². The summed E-state index contributed by atoms with van der Waals surface area (Å²) >= 11 is 15.3. The predicted molar refractivity (Wildman–Crippen MR) is 92.4 cm³/mol. The second-order valence-electron chi connectivity index (χ2n) is 4.74. The molecule has 0 aromatic heterocycles. The summed E-state index contributed by atoms with van der Waals surface area (Å²) in [4.78, 5) is 12.3. The van der Waals surface area contributed by atoms with Crippen LogP contribution in [-0.2, 0) is 0 Å². The minimum Gasteiger partial charge on any atom is -0.397 e. The number of carbonyl (C=O) groups excluding carboxylic acids is 1. The van der Waals surface area contributed by atoms with E-state index in [-0.39, 0.29) is 21.6 Å². The molecule has 0 fully saturated rings. The Hall–Kier alpha value is -1.23. The molecule has 21 heavy (non-hydrogen) atoms. The van der Waals surface area contributed by atoms with E-state index in [1.54, 1.807) is 0 Å². The first-order chi connectivity index (χ1) is 9.79. The largest absolute Gasteiger partial charge is 0.397 e. The quantitative estimate of drug-likeness (QED) is 0.695. The van der Waals surface area contributed by atoms with Crippen LogP contribution in [0.15, 0.2) is 28.7 Å². The molecular weight excluding hydrogens is 375 g/mol. The number of halogens is 3. The van der Waals surface area contributed by atoms with Gasteiger partial charge in [-0.1, -0.05) is 39.1 Å². The van der Waals surface area contributed by atoms with E-state index in [1.807, 2.05) is 26.0 Å². The van der Waals surface area contributed by atoms with E-state index in [2.05, 4.69) is 21.2 Å². The fourth-order valence-corrected chi connectivity index (χ4v) is 2.53. The molecule has 0 spiro atoms. The van der Waals surface area contributed by atoms with Crippen LogP contribution in [0.3, 0.4) is 0 Å². The number of benzene rings is 2. The SMILES string of the molecule is Cc1cc(NC(=O)c2cc(N)c(Cl)c(Cl)c2)cc(C)c1Br. The van der Waals surface area contributed by atoms with Gasteiger partial charge in [-0.15, -0.1) is 0 Å². The number of carbonyl (C=O) groups is 1. The van der Waals surface area contributed by atoms with Gasteiger partial charge in [0.1, 0.15) is 0 Å². The highest BCUT2D eigenvalue weighted by atomic mass is 79.9. The van der Waals surface area contributed by atoms with Gasteiger partial charge in [0.05, 0.1) is 15.7 Å². The maximum Gasteiger partial charge on any atom is 0.255 e. The van der Waals surface area contributed by atoms with Crippen LogP contribution in [0.4, 0.5) is 11.4 Å². The minimum absolute atomic E-state index is 0.253. The fraction of sp³-hybridized carbons (Fsp3) is 0.133. The maximum atomic E-state index is 12.3. The van der Waals surface area contributed by atoms with E-state index < -0.39 is 0 Å². The highest BCUT2D eigenvalue weighted by Crippen LogP contribution is 2.30. The molecule has 2 rings (SSSR count). The third kappa shape index (κ3) is 3.51. The first kappa shape index (κ1) is 16.1. The number of aryl methyl sites for hydroxylation is 2. The van der Waals surface area contributed by atoms with Crippen LogP contribution >= 0.6 is 39.1 Å². The first-order valence-electron chi connectivity index (χ1n) is 6.12. The summed E-state index contributed by atoms with van der Waals surface area (Å²) in [5, 5.41) is 3.33. The lowest BCUT2D eigenvalue weighted by molar-refractivity contribution is 0.102. The fourth-order valence-electron chi connectivity index (χ4n) is 1.96. The summed E-state index contributed by atoms with van der Waals surface area (Å²) in [6.45, 7) is 3.92. The predicted octanol–water partition coefficient (Wildman–Crippen LogP) is 5.21. The normalized spacial score (nSPS) is 10.5. The molecule has 3 nitrogen and oxygen atoms in total. The van der Waals surface area contributed by atoms with Crippen molar-refractivity contribution in [1.82, 2.24) is 0 Å². The summed E-state index contributed by atoms with van der Waals surface area (Å²) in [5.41, 5.74) is 9.15. The van der Waals surface area contributed by atoms with Crippen molar-refractivity contribution in [3.05, 3.63) is 55.5 Å². The number of hydrogen-bond acceptors (Lipinski definition) is 2. The summed E-state index contributed by atoms with van der Waals surface area (Å²) in [6.07, 6.45) is 0. The standard InChI is InChI=1S/C15H13BrCl2N2O/c1-7-3-10(4-8(2)13(7)16)20-15(21)9-5-11(17)14(18)12(19)6-9/h3-6H,19H2,1-2H3,(H,20,21). The molecule has 2 aromatic carbocycles. The second kappa shape index (κ2) is 6.26. The van der Waals surface area contributed by atoms with Crippen LogP contribution in [0.25, 0.3) is 0 Å². The maximum absolute atomic E-state index is 12.3. The van der Waals surface area contributed by atoms with Crippen LogP contribution in [0, 0.1) is 13.8 Å². The second-order valence-corrected chi connectivity index (χ2v) is 6.32. The first-order valence-corrected chi connectivity index (χ1v) is 7.67. The number of nitrogen functional groups attached to an aromatic ring is 1. The third-order valence-corrected chi connectivity index (χ3v) is 5.08. The van der Waals surface area contributed by atoms with E-state index in [0.717, 1.165) is 15.6 Å². The Kier molecular flexibility index (Phi) is 4.81. The lowest BCUT2D eigenvalue weighted by atomic mass is 10.1. The van der Waals surface area contributed by atoms with Crippen LogP contribution in [0.1, 0.15) is 21.5 Å². The topological polar surface area (TPSA) is 55.1 Å². The molecule has 0 aliphatic carbocycles. The minimum atomic E-state index is -0.290. The number of amides is 1. The molecule has 3 N–H and O–H groups in total. The zero-order valence-electron chi connectivity index (χ0n) is 11.4. The Labute approximate surface area is 141 Å². The Morgan fingerprint density at radius 1 is 1.14 bits per heavy atom. The van der Waals surface area contributed by atoms with E-state index in [4.69, 9.17) is 28.9 Å². The molecule has 0 heterocycles. The van der Waals surface area contributed by atoms with Gasteiger partial charge < -0.3 is 11.1 Å². The van der Waals surface area contributed by atoms with Gasteiger partial charge in [-0.3, -0.25) is 4.79 Å². The van der Waals surface area contributed by atoms with Gasteiger partial charge in [-0.2, -0.15) is 0 Å². The summed E-state index contributed by atoms with van der Waals surface area (Å²) in [7, 11) is 0.